The van der Waals surface area contributed by atoms with Crippen molar-refractivity contribution in [2.75, 3.05) is 18.8 Å². The molecule has 0 bridgehead atoms. The number of fused-ring (bicyclic) bond motifs is 2. The van der Waals surface area contributed by atoms with Crippen molar-refractivity contribution in [3.8, 4) is 0 Å². The Balaban J connectivity index is 1.45. The number of para-hydroxylation sites is 1. The molecule has 1 aromatic carbocycles. The van der Waals surface area contributed by atoms with Crippen molar-refractivity contribution < 1.29 is 0 Å². The smallest absolute Gasteiger partial charge is 0.151 e. The summed E-state index contributed by atoms with van der Waals surface area (Å²) in [6.07, 6.45) is 0. The summed E-state index contributed by atoms with van der Waals surface area (Å²) in [5.74, 6) is 4.15. The topological polar surface area (TPSA) is 24.9 Å². The van der Waals surface area contributed by atoms with E-state index in [1.165, 1.54) is 27.9 Å². The Hall–Kier alpha value is -0.580. The number of hydrogen-bond donors (Lipinski definition) is 1. The number of nitrogens with one attached hydrogen (secondary N) is 1. The van der Waals surface area contributed by atoms with Crippen LogP contribution in [-0.2, 0) is 0 Å². The molecule has 17 heavy (non-hydrogen) atoms. The third-order valence-corrected chi connectivity index (χ3v) is 6.27. The molecule has 2 fully saturated rings. The molecule has 1 aliphatic carbocycles. The maximum Gasteiger partial charge on any atom is 0.151 e. The zero-order chi connectivity index (χ0) is 11.2. The van der Waals surface area contributed by atoms with Gasteiger partial charge in [-0.25, -0.2) is 4.98 Å². The lowest BCUT2D eigenvalue weighted by Crippen LogP contribution is -2.15. The highest BCUT2D eigenvalue weighted by atomic mass is 32.2. The van der Waals surface area contributed by atoms with E-state index in [-0.39, 0.29) is 0 Å². The van der Waals surface area contributed by atoms with E-state index in [1.54, 1.807) is 0 Å². The summed E-state index contributed by atoms with van der Waals surface area (Å²) in [5.41, 5.74) is 1.15. The first-order valence-electron chi connectivity index (χ1n) is 6.11. The van der Waals surface area contributed by atoms with Crippen molar-refractivity contribution in [3.63, 3.8) is 0 Å². The highest BCUT2D eigenvalue weighted by molar-refractivity contribution is 8.01. The molecule has 2 nitrogen and oxygen atoms in total. The summed E-state index contributed by atoms with van der Waals surface area (Å²) in [4.78, 5) is 4.67. The van der Waals surface area contributed by atoms with Gasteiger partial charge in [0.05, 0.1) is 10.2 Å². The van der Waals surface area contributed by atoms with Crippen LogP contribution in [0.2, 0.25) is 0 Å². The van der Waals surface area contributed by atoms with E-state index in [9.17, 15) is 0 Å². The van der Waals surface area contributed by atoms with Crippen LogP contribution < -0.4 is 5.32 Å². The second kappa shape index (κ2) is 3.97. The fraction of sp³-hybridized carbons (Fsp3) is 0.462. The molecule has 3 atom stereocenters. The first-order valence-corrected chi connectivity index (χ1v) is 7.91. The molecule has 4 heteroatoms. The maximum atomic E-state index is 4.67. The molecule has 4 rings (SSSR count). The van der Waals surface area contributed by atoms with E-state index in [0.717, 1.165) is 23.3 Å². The van der Waals surface area contributed by atoms with Gasteiger partial charge < -0.3 is 5.32 Å². The minimum atomic E-state index is 0.952. The molecule has 2 aliphatic rings. The molecule has 0 radical (unpaired) electrons. The SMILES string of the molecule is c1ccc2sc(SCC3C4CNC[C@@H]43)nc2c1. The number of nitrogens with zero attached hydrogens (tertiary/aromatic N) is 1. The van der Waals surface area contributed by atoms with Crippen molar-refractivity contribution in [1.29, 1.82) is 0 Å². The summed E-state index contributed by atoms with van der Waals surface area (Å²) in [5, 5.41) is 3.45. The van der Waals surface area contributed by atoms with Gasteiger partial charge in [0.1, 0.15) is 0 Å². The van der Waals surface area contributed by atoms with Gasteiger partial charge in [-0.15, -0.1) is 11.3 Å². The van der Waals surface area contributed by atoms with Crippen molar-refractivity contribution in [2.24, 2.45) is 17.8 Å². The highest BCUT2D eigenvalue weighted by Gasteiger charge is 2.52. The van der Waals surface area contributed by atoms with Gasteiger partial charge in [0.15, 0.2) is 4.34 Å². The van der Waals surface area contributed by atoms with Gasteiger partial charge in [-0.3, -0.25) is 0 Å². The summed E-state index contributed by atoms with van der Waals surface area (Å²) in [6.45, 7) is 2.49. The summed E-state index contributed by atoms with van der Waals surface area (Å²) in [6, 6.07) is 8.41. The lowest BCUT2D eigenvalue weighted by Gasteiger charge is -2.01. The van der Waals surface area contributed by atoms with Gasteiger partial charge in [0.25, 0.3) is 0 Å². The first-order chi connectivity index (χ1) is 8.42. The zero-order valence-electron chi connectivity index (χ0n) is 9.43. The number of thioether (sulfide) groups is 1. The molecule has 2 aromatic rings. The molecule has 2 heterocycles. The fourth-order valence-electron chi connectivity index (χ4n) is 2.87. The number of aromatic nitrogens is 1. The lowest BCUT2D eigenvalue weighted by molar-refractivity contribution is 0.640. The van der Waals surface area contributed by atoms with Crippen molar-refractivity contribution in [1.82, 2.24) is 10.3 Å². The van der Waals surface area contributed by atoms with Gasteiger partial charge in [-0.05, 0) is 43.0 Å². The van der Waals surface area contributed by atoms with Gasteiger partial charge in [-0.2, -0.15) is 0 Å². The Labute approximate surface area is 109 Å². The molecule has 1 aromatic heterocycles. The van der Waals surface area contributed by atoms with Crippen LogP contribution in [0, 0.1) is 17.8 Å². The third-order valence-electron chi connectivity index (χ3n) is 3.94. The Bertz CT molecular complexity index is 508. The molecule has 1 N–H and O–H groups in total. The highest BCUT2D eigenvalue weighted by Crippen LogP contribution is 2.51. The minimum absolute atomic E-state index is 0.952. The average molecular weight is 262 g/mol. The predicted molar refractivity (Wildman–Crippen MR) is 73.7 cm³/mol. The van der Waals surface area contributed by atoms with Crippen LogP contribution in [0.5, 0.6) is 0 Å². The second-order valence-electron chi connectivity index (χ2n) is 4.91. The summed E-state index contributed by atoms with van der Waals surface area (Å²) in [7, 11) is 0. The van der Waals surface area contributed by atoms with Crippen LogP contribution in [0.3, 0.4) is 0 Å². The van der Waals surface area contributed by atoms with Crippen LogP contribution in [0.15, 0.2) is 28.6 Å². The number of thiazole rings is 1. The minimum Gasteiger partial charge on any atom is -0.316 e. The molecule has 1 saturated carbocycles. The normalized spacial score (nSPS) is 30.7. The van der Waals surface area contributed by atoms with Crippen LogP contribution in [0.1, 0.15) is 0 Å². The monoisotopic (exact) mass is 262 g/mol. The lowest BCUT2D eigenvalue weighted by atomic mass is 10.3. The van der Waals surface area contributed by atoms with Crippen molar-refractivity contribution in [2.45, 2.75) is 4.34 Å². The van der Waals surface area contributed by atoms with E-state index in [1.807, 2.05) is 23.1 Å². The average Bonchev–Trinajstić information content (AvgIpc) is 2.76. The van der Waals surface area contributed by atoms with Gasteiger partial charge in [-0.1, -0.05) is 23.9 Å². The maximum absolute atomic E-state index is 4.67. The number of benzene rings is 1. The van der Waals surface area contributed by atoms with E-state index in [4.69, 9.17) is 0 Å². The van der Waals surface area contributed by atoms with E-state index < -0.39 is 0 Å². The molecule has 0 spiro atoms. The van der Waals surface area contributed by atoms with Crippen LogP contribution in [0.4, 0.5) is 0 Å². The Morgan fingerprint density at radius 3 is 2.94 bits per heavy atom. The van der Waals surface area contributed by atoms with Crippen LogP contribution in [-0.4, -0.2) is 23.8 Å². The third kappa shape index (κ3) is 1.79. The predicted octanol–water partition coefficient (Wildman–Crippen LogP) is 2.85. The molecule has 2 unspecified atom stereocenters. The Morgan fingerprint density at radius 2 is 2.12 bits per heavy atom. The van der Waals surface area contributed by atoms with Gasteiger partial charge in [0.2, 0.25) is 0 Å². The van der Waals surface area contributed by atoms with E-state index >= 15 is 0 Å². The number of piperidine rings is 1. The Morgan fingerprint density at radius 1 is 1.29 bits per heavy atom. The van der Waals surface area contributed by atoms with E-state index in [0.29, 0.717) is 0 Å². The molecular weight excluding hydrogens is 248 g/mol. The molecule has 0 amide bonds. The molecule has 1 aliphatic heterocycles. The summed E-state index contributed by atoms with van der Waals surface area (Å²) >= 11 is 3.78. The van der Waals surface area contributed by atoms with Crippen LogP contribution >= 0.6 is 23.1 Å². The van der Waals surface area contributed by atoms with Gasteiger partial charge in [0, 0.05) is 5.75 Å². The standard InChI is InChI=1S/C13H14N2S2/c1-2-4-12-11(3-1)15-13(17-12)16-7-10-8-5-14-6-9(8)10/h1-4,8-10,14H,5-7H2/t8-,9?,10?/m0/s1. The second-order valence-corrected chi connectivity index (χ2v) is 7.21. The molecule has 1 saturated heterocycles. The Kier molecular flexibility index (Phi) is 2.42. The molecule has 88 valence electrons. The first kappa shape index (κ1) is 10.4. The molecular formula is C13H14N2S2. The quantitative estimate of drug-likeness (QED) is 0.861. The fourth-order valence-corrected chi connectivity index (χ4v) is 5.27. The zero-order valence-corrected chi connectivity index (χ0v) is 11.1. The van der Waals surface area contributed by atoms with Crippen LogP contribution in [0.25, 0.3) is 10.2 Å². The van der Waals surface area contributed by atoms with E-state index in [2.05, 4.69) is 34.6 Å². The van der Waals surface area contributed by atoms with Crippen molar-refractivity contribution in [3.05, 3.63) is 24.3 Å². The van der Waals surface area contributed by atoms with Gasteiger partial charge >= 0.3 is 0 Å². The van der Waals surface area contributed by atoms with Crippen molar-refractivity contribution >= 4 is 33.3 Å². The number of hydrogen-bond acceptors (Lipinski definition) is 4. The summed E-state index contributed by atoms with van der Waals surface area (Å²) < 4.78 is 2.55. The largest absolute Gasteiger partial charge is 0.316 e. The number of rotatable bonds is 3.